The molecule has 0 aromatic carbocycles. The third-order valence-corrected chi connectivity index (χ3v) is 12.7. The third kappa shape index (κ3) is 6.55. The third-order valence-electron chi connectivity index (χ3n) is 12.7. The summed E-state index contributed by atoms with van der Waals surface area (Å²) >= 11 is 0. The molecule has 9 atom stereocenters. The van der Waals surface area contributed by atoms with Gasteiger partial charge in [-0.05, 0) is 70.5 Å². The Morgan fingerprint density at radius 1 is 1.09 bits per heavy atom. The SMILES string of the molecule is CCC1(C)CC2C(C(=O)NC3CNCC(F)C3N3CCC(C(=O)N4CCN(C)C5(CC5)C4)CC3)C(N)NC1CCC(F)C=[N+]2C. The predicted octanol–water partition coefficient (Wildman–Crippen LogP) is 0.693. The molecule has 2 amide bonds. The Labute approximate surface area is 267 Å². The van der Waals surface area contributed by atoms with E-state index in [1.165, 1.54) is 12.8 Å². The van der Waals surface area contributed by atoms with Gasteiger partial charge in [0.2, 0.25) is 11.8 Å². The summed E-state index contributed by atoms with van der Waals surface area (Å²) in [6.45, 7) is 8.85. The second-order valence-electron chi connectivity index (χ2n) is 15.5. The van der Waals surface area contributed by atoms with E-state index < -0.39 is 36.5 Å². The standard InChI is InChI=1S/C33H56F2N8O2/c1-5-32(2)16-25-27(29(36)39-26(32)7-6-22(34)19-40(25)3)30(44)38-24-18-37-17-23(35)28(24)42-12-8-21(9-13-42)31(45)43-15-14-41(4)33(20-43)10-11-33/h19,21-29,37,39H,5-18,20,36H2,1-4H3/p+1. The summed E-state index contributed by atoms with van der Waals surface area (Å²) < 4.78 is 32.5. The van der Waals surface area contributed by atoms with Crippen LogP contribution in [0.2, 0.25) is 0 Å². The van der Waals surface area contributed by atoms with Gasteiger partial charge in [-0.3, -0.25) is 24.7 Å². The molecule has 10 nitrogen and oxygen atoms in total. The molecule has 12 heteroatoms. The van der Waals surface area contributed by atoms with Gasteiger partial charge in [0.1, 0.15) is 19.1 Å². The van der Waals surface area contributed by atoms with Gasteiger partial charge in [0.15, 0.2) is 18.4 Å². The number of rotatable bonds is 5. The summed E-state index contributed by atoms with van der Waals surface area (Å²) in [7, 11) is 4.02. The van der Waals surface area contributed by atoms with Crippen LogP contribution >= 0.6 is 0 Å². The molecule has 2 bridgehead atoms. The summed E-state index contributed by atoms with van der Waals surface area (Å²) in [5, 5.41) is 9.94. The molecular formula is C33H57F2N8O2+. The highest BCUT2D eigenvalue weighted by Gasteiger charge is 2.53. The highest BCUT2D eigenvalue weighted by atomic mass is 19.1. The minimum absolute atomic E-state index is 0.0000658. The molecule has 1 spiro atoms. The first-order valence-corrected chi connectivity index (χ1v) is 17.6. The maximum absolute atomic E-state index is 15.7. The molecule has 6 rings (SSSR count). The number of likely N-dealkylation sites (tertiary alicyclic amines) is 1. The number of likely N-dealkylation sites (N-methyl/N-ethyl adjacent to an activating group) is 1. The number of alkyl halides is 2. The Morgan fingerprint density at radius 2 is 1.82 bits per heavy atom. The molecule has 0 aromatic rings. The van der Waals surface area contributed by atoms with Crippen LogP contribution in [0.5, 0.6) is 0 Å². The van der Waals surface area contributed by atoms with Crippen molar-refractivity contribution < 1.29 is 22.9 Å². The first kappa shape index (κ1) is 33.2. The molecule has 5 heterocycles. The number of piperazine rings is 1. The maximum atomic E-state index is 15.7. The van der Waals surface area contributed by atoms with Crippen molar-refractivity contribution in [3.63, 3.8) is 0 Å². The number of fused-ring (bicyclic) bond motifs is 3. The smallest absolute Gasteiger partial charge is 0.233 e. The molecule has 5 aliphatic heterocycles. The van der Waals surface area contributed by atoms with E-state index in [-0.39, 0.29) is 47.3 Å². The van der Waals surface area contributed by atoms with Crippen molar-refractivity contribution in [1.29, 1.82) is 0 Å². The Bertz CT molecular complexity index is 1130. The van der Waals surface area contributed by atoms with Crippen LogP contribution in [0.1, 0.15) is 65.2 Å². The Balaban J connectivity index is 1.13. The average molecular weight is 636 g/mol. The zero-order valence-electron chi connectivity index (χ0n) is 27.8. The van der Waals surface area contributed by atoms with Gasteiger partial charge < -0.3 is 21.3 Å². The number of amides is 2. The zero-order chi connectivity index (χ0) is 32.1. The summed E-state index contributed by atoms with van der Waals surface area (Å²) in [5.74, 6) is -0.622. The fraction of sp³-hybridized carbons (Fsp3) is 0.909. The molecule has 0 radical (unpaired) electrons. The van der Waals surface area contributed by atoms with E-state index in [2.05, 4.69) is 51.5 Å². The largest absolute Gasteiger partial charge is 0.350 e. The minimum atomic E-state index is -1.15. The lowest BCUT2D eigenvalue weighted by Gasteiger charge is -2.46. The number of nitrogens with one attached hydrogen (secondary N) is 3. The Hall–Kier alpha value is -1.73. The van der Waals surface area contributed by atoms with Crippen molar-refractivity contribution in [2.24, 2.45) is 23.0 Å². The van der Waals surface area contributed by atoms with Crippen LogP contribution in [0.15, 0.2) is 0 Å². The quantitative estimate of drug-likeness (QED) is 0.330. The predicted molar refractivity (Wildman–Crippen MR) is 171 cm³/mol. The lowest BCUT2D eigenvalue weighted by Crippen LogP contribution is -2.67. The van der Waals surface area contributed by atoms with Crippen molar-refractivity contribution in [3.05, 3.63) is 0 Å². The summed E-state index contributed by atoms with van der Waals surface area (Å²) in [5.41, 5.74) is 6.81. The monoisotopic (exact) mass is 635 g/mol. The van der Waals surface area contributed by atoms with Crippen molar-refractivity contribution in [2.45, 2.75) is 113 Å². The number of nitrogens with zero attached hydrogens (tertiary/aromatic N) is 4. The molecule has 1 aliphatic carbocycles. The number of piperidine rings is 2. The van der Waals surface area contributed by atoms with E-state index >= 15 is 4.39 Å². The fourth-order valence-corrected chi connectivity index (χ4v) is 9.25. The zero-order valence-corrected chi connectivity index (χ0v) is 27.8. The van der Waals surface area contributed by atoms with Gasteiger partial charge in [-0.2, -0.15) is 0 Å². The van der Waals surface area contributed by atoms with E-state index in [0.29, 0.717) is 51.7 Å². The van der Waals surface area contributed by atoms with Crippen molar-refractivity contribution >= 4 is 18.0 Å². The van der Waals surface area contributed by atoms with Crippen molar-refractivity contribution in [3.8, 4) is 0 Å². The number of nitrogens with two attached hydrogens (primary N) is 1. The van der Waals surface area contributed by atoms with Crippen LogP contribution < -0.4 is 21.7 Å². The van der Waals surface area contributed by atoms with Crippen molar-refractivity contribution in [2.75, 3.05) is 59.9 Å². The number of carbonyl (C=O) groups excluding carboxylic acids is 2. The molecule has 254 valence electrons. The van der Waals surface area contributed by atoms with E-state index in [0.717, 1.165) is 26.1 Å². The van der Waals surface area contributed by atoms with E-state index in [1.54, 1.807) is 6.21 Å². The molecule has 4 saturated heterocycles. The van der Waals surface area contributed by atoms with Crippen molar-refractivity contribution in [1.82, 2.24) is 30.7 Å². The second-order valence-corrected chi connectivity index (χ2v) is 15.5. The number of halogens is 2. The molecule has 45 heavy (non-hydrogen) atoms. The molecule has 6 aliphatic rings. The van der Waals surface area contributed by atoms with E-state index in [1.807, 2.05) is 11.6 Å². The highest BCUT2D eigenvalue weighted by molar-refractivity contribution is 5.81. The van der Waals surface area contributed by atoms with Gasteiger partial charge in [-0.25, -0.2) is 13.4 Å². The van der Waals surface area contributed by atoms with Crippen LogP contribution in [0.3, 0.4) is 0 Å². The number of hydrogen-bond donors (Lipinski definition) is 4. The van der Waals surface area contributed by atoms with Gasteiger partial charge in [0, 0.05) is 56.6 Å². The van der Waals surface area contributed by atoms with Crippen LogP contribution in [-0.2, 0) is 9.59 Å². The fourth-order valence-electron chi connectivity index (χ4n) is 9.25. The van der Waals surface area contributed by atoms with Crippen LogP contribution in [0, 0.1) is 17.3 Å². The van der Waals surface area contributed by atoms with Crippen LogP contribution in [-0.4, -0.2) is 145 Å². The first-order valence-electron chi connectivity index (χ1n) is 17.6. The summed E-state index contributed by atoms with van der Waals surface area (Å²) in [6.07, 6.45) is 5.17. The van der Waals surface area contributed by atoms with Crippen LogP contribution in [0.4, 0.5) is 8.78 Å². The molecular weight excluding hydrogens is 578 g/mol. The van der Waals surface area contributed by atoms with Gasteiger partial charge >= 0.3 is 0 Å². The average Bonchev–Trinajstić information content (AvgIpc) is 3.80. The Kier molecular flexibility index (Phi) is 9.62. The van der Waals surface area contributed by atoms with Gasteiger partial charge in [-0.15, -0.1) is 0 Å². The topological polar surface area (TPSA) is 109 Å². The van der Waals surface area contributed by atoms with E-state index in [4.69, 9.17) is 5.73 Å². The first-order chi connectivity index (χ1) is 21.4. The highest BCUT2D eigenvalue weighted by Crippen LogP contribution is 2.44. The normalized spacial score (nSPS) is 41.5. The molecule has 9 unspecified atom stereocenters. The Morgan fingerprint density at radius 3 is 2.51 bits per heavy atom. The number of hydrogen-bond acceptors (Lipinski definition) is 7. The van der Waals surface area contributed by atoms with Gasteiger partial charge in [0.05, 0.1) is 18.2 Å². The van der Waals surface area contributed by atoms with Crippen LogP contribution in [0.25, 0.3) is 0 Å². The minimum Gasteiger partial charge on any atom is -0.350 e. The molecule has 0 aromatic heterocycles. The lowest BCUT2D eigenvalue weighted by molar-refractivity contribution is -0.545. The lowest BCUT2D eigenvalue weighted by atomic mass is 9.73. The van der Waals surface area contributed by atoms with E-state index in [9.17, 15) is 14.0 Å². The molecule has 1 saturated carbocycles. The molecule has 5 N–H and O–H groups in total. The van der Waals surface area contributed by atoms with Gasteiger partial charge in [0.25, 0.3) is 0 Å². The number of carbonyl (C=O) groups is 2. The molecule has 5 fully saturated rings. The maximum Gasteiger partial charge on any atom is 0.233 e. The van der Waals surface area contributed by atoms with Gasteiger partial charge in [-0.1, -0.05) is 13.8 Å². The second kappa shape index (κ2) is 13.1. The summed E-state index contributed by atoms with van der Waals surface area (Å²) in [6, 6.07) is -1.22. The summed E-state index contributed by atoms with van der Waals surface area (Å²) in [4.78, 5) is 34.4.